The average Bonchev–Trinajstić information content (AvgIpc) is 2.81. The molecule has 1 saturated heterocycles. The van der Waals surface area contributed by atoms with Crippen LogP contribution in [-0.2, 0) is 9.53 Å². The summed E-state index contributed by atoms with van der Waals surface area (Å²) in [6.07, 6.45) is 3.39. The van der Waals surface area contributed by atoms with E-state index < -0.39 is 0 Å². The van der Waals surface area contributed by atoms with Crippen LogP contribution in [-0.4, -0.2) is 30.7 Å². The van der Waals surface area contributed by atoms with E-state index in [4.69, 9.17) is 4.74 Å². The fraction of sp³-hybridized carbons (Fsp3) is 0.250. The van der Waals surface area contributed by atoms with Crippen LogP contribution in [0.4, 0.5) is 0 Å². The summed E-state index contributed by atoms with van der Waals surface area (Å²) in [6.45, 7) is 1.72. The SMILES string of the molecule is O=C(/C=C/c1ccccc1Br)N1CCOC1. The van der Waals surface area contributed by atoms with Gasteiger partial charge in [-0.2, -0.15) is 0 Å². The summed E-state index contributed by atoms with van der Waals surface area (Å²) in [5.41, 5.74) is 0.996. The van der Waals surface area contributed by atoms with E-state index in [1.165, 1.54) is 0 Å². The summed E-state index contributed by atoms with van der Waals surface area (Å²) in [5.74, 6) is -0.00625. The quantitative estimate of drug-likeness (QED) is 0.779. The first-order valence-corrected chi connectivity index (χ1v) is 5.86. The molecule has 0 radical (unpaired) electrons. The molecule has 1 aliphatic heterocycles. The van der Waals surface area contributed by atoms with Gasteiger partial charge in [0.05, 0.1) is 6.61 Å². The maximum atomic E-state index is 11.7. The number of carbonyl (C=O) groups is 1. The smallest absolute Gasteiger partial charge is 0.248 e. The molecule has 1 fully saturated rings. The number of ether oxygens (including phenoxy) is 1. The zero-order valence-corrected chi connectivity index (χ0v) is 10.3. The van der Waals surface area contributed by atoms with Gasteiger partial charge in [-0.3, -0.25) is 4.79 Å². The van der Waals surface area contributed by atoms with Crippen molar-refractivity contribution in [3.63, 3.8) is 0 Å². The zero-order valence-electron chi connectivity index (χ0n) is 8.73. The fourth-order valence-electron chi connectivity index (χ4n) is 1.46. The van der Waals surface area contributed by atoms with Gasteiger partial charge < -0.3 is 9.64 Å². The molecule has 1 heterocycles. The molecule has 1 amide bonds. The summed E-state index contributed by atoms with van der Waals surface area (Å²) >= 11 is 3.43. The Hall–Kier alpha value is -1.13. The van der Waals surface area contributed by atoms with Crippen LogP contribution in [0.3, 0.4) is 0 Å². The molecule has 3 nitrogen and oxygen atoms in total. The van der Waals surface area contributed by atoms with E-state index >= 15 is 0 Å². The van der Waals surface area contributed by atoms with Gasteiger partial charge in [-0.1, -0.05) is 34.1 Å². The monoisotopic (exact) mass is 281 g/mol. The van der Waals surface area contributed by atoms with Crippen molar-refractivity contribution in [3.8, 4) is 0 Å². The van der Waals surface area contributed by atoms with Gasteiger partial charge in [0.2, 0.25) is 5.91 Å². The number of nitrogens with zero attached hydrogens (tertiary/aromatic N) is 1. The number of rotatable bonds is 2. The summed E-state index contributed by atoms with van der Waals surface area (Å²) in [5, 5.41) is 0. The molecule has 0 aliphatic carbocycles. The summed E-state index contributed by atoms with van der Waals surface area (Å²) in [4.78, 5) is 13.3. The van der Waals surface area contributed by atoms with Crippen molar-refractivity contribution in [1.29, 1.82) is 0 Å². The number of amides is 1. The van der Waals surface area contributed by atoms with Gasteiger partial charge in [0, 0.05) is 17.1 Å². The molecule has 0 N–H and O–H groups in total. The number of benzene rings is 1. The Bertz CT molecular complexity index is 411. The molecule has 1 aromatic rings. The van der Waals surface area contributed by atoms with Crippen molar-refractivity contribution in [2.45, 2.75) is 0 Å². The molecule has 4 heteroatoms. The molecular weight excluding hydrogens is 270 g/mol. The second kappa shape index (κ2) is 5.27. The minimum absolute atomic E-state index is 0.00625. The summed E-state index contributed by atoms with van der Waals surface area (Å²) in [7, 11) is 0. The Morgan fingerprint density at radius 1 is 1.44 bits per heavy atom. The first-order chi connectivity index (χ1) is 7.77. The molecule has 1 aromatic carbocycles. The minimum atomic E-state index is -0.00625. The van der Waals surface area contributed by atoms with Crippen molar-refractivity contribution >= 4 is 27.9 Å². The highest BCUT2D eigenvalue weighted by atomic mass is 79.9. The highest BCUT2D eigenvalue weighted by Crippen LogP contribution is 2.17. The van der Waals surface area contributed by atoms with E-state index in [9.17, 15) is 4.79 Å². The molecule has 0 aromatic heterocycles. The van der Waals surface area contributed by atoms with Crippen LogP contribution in [0.5, 0.6) is 0 Å². The van der Waals surface area contributed by atoms with Crippen LogP contribution in [0.2, 0.25) is 0 Å². The third-order valence-electron chi connectivity index (χ3n) is 2.38. The molecule has 0 bridgehead atoms. The van der Waals surface area contributed by atoms with Gasteiger partial charge in [-0.15, -0.1) is 0 Å². The first kappa shape index (κ1) is 11.4. The number of hydrogen-bond acceptors (Lipinski definition) is 2. The van der Waals surface area contributed by atoms with Crippen molar-refractivity contribution in [2.24, 2.45) is 0 Å². The third kappa shape index (κ3) is 2.71. The van der Waals surface area contributed by atoms with Crippen LogP contribution in [0.15, 0.2) is 34.8 Å². The summed E-state index contributed by atoms with van der Waals surface area (Å²) in [6, 6.07) is 7.78. The van der Waals surface area contributed by atoms with E-state index in [0.717, 1.165) is 10.0 Å². The minimum Gasteiger partial charge on any atom is -0.359 e. The van der Waals surface area contributed by atoms with Gasteiger partial charge in [0.15, 0.2) is 0 Å². The van der Waals surface area contributed by atoms with E-state index in [1.54, 1.807) is 11.0 Å². The predicted octanol–water partition coefficient (Wildman–Crippen LogP) is 2.28. The second-order valence-electron chi connectivity index (χ2n) is 3.49. The van der Waals surface area contributed by atoms with Crippen molar-refractivity contribution in [3.05, 3.63) is 40.4 Å². The van der Waals surface area contributed by atoms with Crippen LogP contribution in [0.25, 0.3) is 6.08 Å². The van der Waals surface area contributed by atoms with Gasteiger partial charge in [0.25, 0.3) is 0 Å². The Morgan fingerprint density at radius 2 is 2.25 bits per heavy atom. The van der Waals surface area contributed by atoms with Crippen LogP contribution >= 0.6 is 15.9 Å². The Kier molecular flexibility index (Phi) is 3.74. The van der Waals surface area contributed by atoms with Gasteiger partial charge in [0.1, 0.15) is 6.73 Å². The van der Waals surface area contributed by atoms with Crippen molar-refractivity contribution < 1.29 is 9.53 Å². The van der Waals surface area contributed by atoms with Crippen LogP contribution < -0.4 is 0 Å². The Balaban J connectivity index is 2.03. The van der Waals surface area contributed by atoms with Crippen LogP contribution in [0, 0.1) is 0 Å². The largest absolute Gasteiger partial charge is 0.359 e. The zero-order chi connectivity index (χ0) is 11.4. The third-order valence-corrected chi connectivity index (χ3v) is 3.10. The fourth-order valence-corrected chi connectivity index (χ4v) is 1.88. The molecule has 0 saturated carbocycles. The van der Waals surface area contributed by atoms with E-state index in [0.29, 0.717) is 19.9 Å². The molecule has 1 aliphatic rings. The van der Waals surface area contributed by atoms with Gasteiger partial charge in [-0.25, -0.2) is 0 Å². The molecular formula is C12H12BrNO2. The molecule has 0 atom stereocenters. The second-order valence-corrected chi connectivity index (χ2v) is 4.35. The maximum absolute atomic E-state index is 11.7. The van der Waals surface area contributed by atoms with Crippen molar-refractivity contribution in [2.75, 3.05) is 19.9 Å². The topological polar surface area (TPSA) is 29.5 Å². The lowest BCUT2D eigenvalue weighted by Crippen LogP contribution is -2.26. The van der Waals surface area contributed by atoms with Crippen LogP contribution in [0.1, 0.15) is 5.56 Å². The van der Waals surface area contributed by atoms with Gasteiger partial charge in [-0.05, 0) is 17.7 Å². The lowest BCUT2D eigenvalue weighted by atomic mass is 10.2. The first-order valence-electron chi connectivity index (χ1n) is 5.06. The number of hydrogen-bond donors (Lipinski definition) is 0. The highest BCUT2D eigenvalue weighted by molar-refractivity contribution is 9.10. The Labute approximate surface area is 103 Å². The van der Waals surface area contributed by atoms with Gasteiger partial charge >= 0.3 is 0 Å². The standard InChI is InChI=1S/C12H12BrNO2/c13-11-4-2-1-3-10(11)5-6-12(15)14-7-8-16-9-14/h1-6H,7-9H2/b6-5+. The lowest BCUT2D eigenvalue weighted by Gasteiger charge is -2.09. The maximum Gasteiger partial charge on any atom is 0.248 e. The molecule has 84 valence electrons. The lowest BCUT2D eigenvalue weighted by molar-refractivity contribution is -0.126. The molecule has 0 spiro atoms. The van der Waals surface area contributed by atoms with E-state index in [1.807, 2.05) is 30.3 Å². The number of halogens is 1. The highest BCUT2D eigenvalue weighted by Gasteiger charge is 2.15. The molecule has 2 rings (SSSR count). The average molecular weight is 282 g/mol. The molecule has 0 unspecified atom stereocenters. The predicted molar refractivity (Wildman–Crippen MR) is 65.7 cm³/mol. The van der Waals surface area contributed by atoms with Crippen molar-refractivity contribution in [1.82, 2.24) is 4.90 Å². The Morgan fingerprint density at radius 3 is 2.94 bits per heavy atom. The normalized spacial score (nSPS) is 15.9. The van der Waals surface area contributed by atoms with E-state index in [2.05, 4.69) is 15.9 Å². The van der Waals surface area contributed by atoms with E-state index in [-0.39, 0.29) is 5.91 Å². The summed E-state index contributed by atoms with van der Waals surface area (Å²) < 4.78 is 6.10. The number of carbonyl (C=O) groups excluding carboxylic acids is 1. The molecule has 16 heavy (non-hydrogen) atoms.